The van der Waals surface area contributed by atoms with Crippen LogP contribution in [-0.2, 0) is 6.54 Å². The van der Waals surface area contributed by atoms with Gasteiger partial charge in [-0.3, -0.25) is 0 Å². The number of nitrogens with zero attached hydrogens (tertiary/aromatic N) is 2. The second-order valence-corrected chi connectivity index (χ2v) is 5.80. The fourth-order valence-corrected chi connectivity index (χ4v) is 2.16. The Morgan fingerprint density at radius 2 is 2.10 bits per heavy atom. The van der Waals surface area contributed by atoms with Gasteiger partial charge in [-0.15, -0.1) is 5.10 Å². The molecular weight excluding hydrogens is 250 g/mol. The first kappa shape index (κ1) is 15.2. The van der Waals surface area contributed by atoms with Crippen LogP contribution in [0, 0.1) is 0 Å². The smallest absolute Gasteiger partial charge is 0.233 e. The van der Waals surface area contributed by atoms with Crippen molar-refractivity contribution in [3.05, 3.63) is 17.8 Å². The average Bonchev–Trinajstić information content (AvgIpc) is 3.27. The molecule has 1 unspecified atom stereocenters. The monoisotopic (exact) mass is 277 g/mol. The molecule has 112 valence electrons. The molecule has 1 heterocycles. The second kappa shape index (κ2) is 8.20. The van der Waals surface area contributed by atoms with Crippen LogP contribution in [0.1, 0.15) is 64.5 Å². The van der Waals surface area contributed by atoms with E-state index in [1.54, 1.807) is 0 Å². The van der Waals surface area contributed by atoms with Crippen molar-refractivity contribution in [1.29, 1.82) is 0 Å². The van der Waals surface area contributed by atoms with Gasteiger partial charge < -0.3 is 10.1 Å². The van der Waals surface area contributed by atoms with E-state index >= 15 is 0 Å². The summed E-state index contributed by atoms with van der Waals surface area (Å²) < 4.78 is 5.79. The lowest BCUT2D eigenvalue weighted by Gasteiger charge is -2.13. The summed E-state index contributed by atoms with van der Waals surface area (Å²) in [7, 11) is 0. The minimum atomic E-state index is 0.219. The Morgan fingerprint density at radius 3 is 2.75 bits per heavy atom. The number of nitrogens with one attached hydrogen (secondary N) is 1. The molecule has 1 aliphatic carbocycles. The van der Waals surface area contributed by atoms with Gasteiger partial charge in [-0.25, -0.2) is 0 Å². The number of hydrogen-bond donors (Lipinski definition) is 1. The fourth-order valence-electron chi connectivity index (χ4n) is 2.16. The van der Waals surface area contributed by atoms with E-state index in [4.69, 9.17) is 4.74 Å². The van der Waals surface area contributed by atoms with Crippen molar-refractivity contribution in [1.82, 2.24) is 15.5 Å². The van der Waals surface area contributed by atoms with E-state index in [9.17, 15) is 0 Å². The maximum Gasteiger partial charge on any atom is 0.233 e. The van der Waals surface area contributed by atoms with Gasteiger partial charge in [0.1, 0.15) is 0 Å². The predicted octanol–water partition coefficient (Wildman–Crippen LogP) is 3.47. The zero-order chi connectivity index (χ0) is 14.2. The first-order valence-electron chi connectivity index (χ1n) is 8.00. The van der Waals surface area contributed by atoms with Gasteiger partial charge in [0.25, 0.3) is 0 Å². The van der Waals surface area contributed by atoms with Gasteiger partial charge in [0.15, 0.2) is 0 Å². The van der Waals surface area contributed by atoms with Crippen LogP contribution in [0.2, 0.25) is 0 Å². The molecule has 0 spiro atoms. The molecule has 1 fully saturated rings. The first-order chi connectivity index (χ1) is 9.78. The van der Waals surface area contributed by atoms with Gasteiger partial charge in [0.2, 0.25) is 5.88 Å². The van der Waals surface area contributed by atoms with E-state index in [1.165, 1.54) is 38.5 Å². The standard InChI is InChI=1S/C16H27N3O/c1-3-4-5-6-7-13(2)20-16-11-10-15(18-19-16)12-17-14-8-9-14/h10-11,13-14,17H,3-9,12H2,1-2H3. The van der Waals surface area contributed by atoms with Crippen LogP contribution in [0.4, 0.5) is 0 Å². The Kier molecular flexibility index (Phi) is 6.25. The molecular formula is C16H27N3O. The molecule has 4 nitrogen and oxygen atoms in total. The number of rotatable bonds is 10. The molecule has 0 saturated heterocycles. The highest BCUT2D eigenvalue weighted by Crippen LogP contribution is 2.19. The van der Waals surface area contributed by atoms with Gasteiger partial charge in [-0.2, -0.15) is 5.10 Å². The summed E-state index contributed by atoms with van der Waals surface area (Å²) in [4.78, 5) is 0. The molecule has 0 aliphatic heterocycles. The van der Waals surface area contributed by atoms with Crippen LogP contribution >= 0.6 is 0 Å². The maximum absolute atomic E-state index is 5.79. The van der Waals surface area contributed by atoms with Crippen LogP contribution in [0.5, 0.6) is 5.88 Å². The average molecular weight is 277 g/mol. The number of unbranched alkanes of at least 4 members (excludes halogenated alkanes) is 3. The quantitative estimate of drug-likeness (QED) is 0.665. The third kappa shape index (κ3) is 5.87. The highest BCUT2D eigenvalue weighted by Gasteiger charge is 2.20. The first-order valence-corrected chi connectivity index (χ1v) is 8.00. The molecule has 0 radical (unpaired) electrons. The summed E-state index contributed by atoms with van der Waals surface area (Å²) in [6.07, 6.45) is 9.01. The van der Waals surface area contributed by atoms with Crippen molar-refractivity contribution in [3.63, 3.8) is 0 Å². The van der Waals surface area contributed by atoms with Gasteiger partial charge in [0.05, 0.1) is 11.8 Å². The summed E-state index contributed by atoms with van der Waals surface area (Å²) in [5.41, 5.74) is 0.986. The molecule has 1 saturated carbocycles. The Labute approximate surface area is 122 Å². The van der Waals surface area contributed by atoms with Gasteiger partial charge in [-0.1, -0.05) is 26.2 Å². The molecule has 1 atom stereocenters. The molecule has 4 heteroatoms. The molecule has 1 aromatic rings. The lowest BCUT2D eigenvalue weighted by Crippen LogP contribution is -2.17. The Morgan fingerprint density at radius 1 is 1.25 bits per heavy atom. The zero-order valence-corrected chi connectivity index (χ0v) is 12.8. The number of aromatic nitrogens is 2. The minimum absolute atomic E-state index is 0.219. The normalized spacial score (nSPS) is 16.1. The Balaban J connectivity index is 1.66. The van der Waals surface area contributed by atoms with Crippen LogP contribution < -0.4 is 10.1 Å². The summed E-state index contributed by atoms with van der Waals surface area (Å²) in [6.45, 7) is 5.15. The van der Waals surface area contributed by atoms with E-state index < -0.39 is 0 Å². The van der Waals surface area contributed by atoms with Gasteiger partial charge in [0, 0.05) is 18.7 Å². The Hall–Kier alpha value is -1.16. The third-order valence-corrected chi connectivity index (χ3v) is 3.63. The molecule has 20 heavy (non-hydrogen) atoms. The largest absolute Gasteiger partial charge is 0.474 e. The molecule has 1 N–H and O–H groups in total. The van der Waals surface area contributed by atoms with Crippen molar-refractivity contribution in [2.75, 3.05) is 0 Å². The summed E-state index contributed by atoms with van der Waals surface area (Å²) in [5, 5.41) is 11.8. The molecule has 0 amide bonds. The minimum Gasteiger partial charge on any atom is -0.474 e. The topological polar surface area (TPSA) is 47.0 Å². The molecule has 1 aromatic heterocycles. The van der Waals surface area contributed by atoms with Gasteiger partial charge in [-0.05, 0) is 38.7 Å². The van der Waals surface area contributed by atoms with Crippen LogP contribution in [0.3, 0.4) is 0 Å². The molecule has 0 aromatic carbocycles. The Bertz CT molecular complexity index is 376. The lowest BCUT2D eigenvalue weighted by molar-refractivity contribution is 0.196. The van der Waals surface area contributed by atoms with E-state index in [-0.39, 0.29) is 6.10 Å². The number of ether oxygens (including phenoxy) is 1. The molecule has 2 rings (SSSR count). The number of hydrogen-bond acceptors (Lipinski definition) is 4. The summed E-state index contributed by atoms with van der Waals surface area (Å²) in [6, 6.07) is 4.64. The van der Waals surface area contributed by atoms with Crippen molar-refractivity contribution in [2.45, 2.75) is 77.5 Å². The van der Waals surface area contributed by atoms with E-state index in [0.717, 1.165) is 18.7 Å². The summed E-state index contributed by atoms with van der Waals surface area (Å²) in [5.74, 6) is 0.642. The SMILES string of the molecule is CCCCCCC(C)Oc1ccc(CNC2CC2)nn1. The van der Waals surface area contributed by atoms with E-state index in [2.05, 4.69) is 29.4 Å². The molecule has 1 aliphatic rings. The lowest BCUT2D eigenvalue weighted by atomic mass is 10.1. The van der Waals surface area contributed by atoms with Crippen LogP contribution in [0.25, 0.3) is 0 Å². The van der Waals surface area contributed by atoms with Crippen molar-refractivity contribution in [3.8, 4) is 5.88 Å². The molecule has 0 bridgehead atoms. The maximum atomic E-state index is 5.79. The van der Waals surface area contributed by atoms with E-state index in [1.807, 2.05) is 12.1 Å². The van der Waals surface area contributed by atoms with Crippen molar-refractivity contribution >= 4 is 0 Å². The van der Waals surface area contributed by atoms with E-state index in [0.29, 0.717) is 11.9 Å². The van der Waals surface area contributed by atoms with Crippen molar-refractivity contribution < 1.29 is 4.74 Å². The zero-order valence-electron chi connectivity index (χ0n) is 12.8. The van der Waals surface area contributed by atoms with Crippen LogP contribution in [0.15, 0.2) is 12.1 Å². The highest BCUT2D eigenvalue weighted by molar-refractivity contribution is 5.11. The third-order valence-electron chi connectivity index (χ3n) is 3.63. The van der Waals surface area contributed by atoms with Crippen molar-refractivity contribution in [2.24, 2.45) is 0 Å². The predicted molar refractivity (Wildman–Crippen MR) is 80.7 cm³/mol. The van der Waals surface area contributed by atoms with Gasteiger partial charge >= 0.3 is 0 Å². The van der Waals surface area contributed by atoms with Crippen LogP contribution in [-0.4, -0.2) is 22.3 Å². The second-order valence-electron chi connectivity index (χ2n) is 5.80. The highest BCUT2D eigenvalue weighted by atomic mass is 16.5. The summed E-state index contributed by atoms with van der Waals surface area (Å²) >= 11 is 0. The fraction of sp³-hybridized carbons (Fsp3) is 0.750.